The third-order valence-corrected chi connectivity index (χ3v) is 9.12. The molecule has 1 N–H and O–H groups in total. The maximum absolute atomic E-state index is 12.8. The van der Waals surface area contributed by atoms with Crippen LogP contribution in [-0.2, 0) is 19.7 Å². The van der Waals surface area contributed by atoms with Gasteiger partial charge in [-0.3, -0.25) is 14.5 Å². The van der Waals surface area contributed by atoms with Crippen LogP contribution in [0.25, 0.3) is 6.08 Å². The Hall–Kier alpha value is -2.26. The van der Waals surface area contributed by atoms with Crippen LogP contribution >= 0.6 is 27.3 Å². The second-order valence-electron chi connectivity index (χ2n) is 9.62. The van der Waals surface area contributed by atoms with Gasteiger partial charge in [-0.05, 0) is 78.0 Å². The number of benzene rings is 1. The molecule has 4 rings (SSSR count). The number of carbonyl (C=O) groups is 2. The van der Waals surface area contributed by atoms with Crippen LogP contribution in [0.2, 0.25) is 0 Å². The fourth-order valence-corrected chi connectivity index (χ4v) is 7.24. The summed E-state index contributed by atoms with van der Waals surface area (Å²) in [5.41, 5.74) is 0.316. The lowest BCUT2D eigenvalue weighted by molar-refractivity contribution is -0.149. The number of halogens is 1. The fraction of sp³-hybridized carbons (Fsp3) is 0.429. The molecule has 3 atom stereocenters. The summed E-state index contributed by atoms with van der Waals surface area (Å²) in [5, 5.41) is 5.24. The first-order valence-electron chi connectivity index (χ1n) is 12.2. The Labute approximate surface area is 225 Å². The van der Waals surface area contributed by atoms with Crippen LogP contribution in [0.4, 0.5) is 0 Å². The number of hydrogen-bond acceptors (Lipinski definition) is 6. The molecule has 0 bridgehead atoms. The van der Waals surface area contributed by atoms with Crippen LogP contribution in [-0.4, -0.2) is 55.2 Å². The summed E-state index contributed by atoms with van der Waals surface area (Å²) < 4.78 is 12.8. The Balaban J connectivity index is 1.62. The number of ether oxygens (including phenoxy) is 2. The van der Waals surface area contributed by atoms with Crippen molar-refractivity contribution in [2.45, 2.75) is 49.7 Å². The van der Waals surface area contributed by atoms with Crippen molar-refractivity contribution < 1.29 is 19.1 Å². The largest absolute Gasteiger partial charge is 0.427 e. The third-order valence-electron chi connectivity index (χ3n) is 7.46. The van der Waals surface area contributed by atoms with Crippen molar-refractivity contribution in [3.8, 4) is 5.75 Å². The van der Waals surface area contributed by atoms with E-state index in [9.17, 15) is 9.59 Å². The molecule has 2 aromatic rings. The van der Waals surface area contributed by atoms with Crippen LogP contribution in [0.1, 0.15) is 43.0 Å². The van der Waals surface area contributed by atoms with E-state index in [4.69, 9.17) is 9.47 Å². The number of fused-ring (bicyclic) bond motifs is 1. The molecule has 1 amide bonds. The van der Waals surface area contributed by atoms with Gasteiger partial charge in [-0.2, -0.15) is 0 Å². The maximum atomic E-state index is 12.8. The van der Waals surface area contributed by atoms with Gasteiger partial charge in [0, 0.05) is 59.4 Å². The van der Waals surface area contributed by atoms with Crippen molar-refractivity contribution in [1.29, 1.82) is 0 Å². The lowest BCUT2D eigenvalue weighted by Gasteiger charge is -2.59. The van der Waals surface area contributed by atoms with Crippen molar-refractivity contribution in [2.24, 2.45) is 0 Å². The van der Waals surface area contributed by atoms with Gasteiger partial charge in [0.15, 0.2) is 0 Å². The SMILES string of the molecule is C=CCN1CC[C@@]2(c3cccc(OC(C)=O)c3)C[C@H](NC(=O)C=Cc3cc(Br)cs3)CC[C@]2(OC)C1. The zero-order valence-electron chi connectivity index (χ0n) is 20.8. The summed E-state index contributed by atoms with van der Waals surface area (Å²) in [7, 11) is 1.79. The summed E-state index contributed by atoms with van der Waals surface area (Å²) in [5.74, 6) is 0.0910. The average Bonchev–Trinajstić information content (AvgIpc) is 3.28. The monoisotopic (exact) mass is 572 g/mol. The minimum atomic E-state index is -0.427. The van der Waals surface area contributed by atoms with Gasteiger partial charge in [0.05, 0.1) is 5.60 Å². The van der Waals surface area contributed by atoms with E-state index in [1.165, 1.54) is 6.92 Å². The molecule has 1 aliphatic heterocycles. The van der Waals surface area contributed by atoms with Gasteiger partial charge in [0.25, 0.3) is 0 Å². The van der Waals surface area contributed by atoms with Crippen molar-refractivity contribution in [2.75, 3.05) is 26.7 Å². The highest BCUT2D eigenvalue weighted by Crippen LogP contribution is 2.53. The van der Waals surface area contributed by atoms with E-state index in [-0.39, 0.29) is 23.3 Å². The molecule has 1 saturated heterocycles. The van der Waals surface area contributed by atoms with E-state index < -0.39 is 5.60 Å². The minimum Gasteiger partial charge on any atom is -0.427 e. The Morgan fingerprint density at radius 1 is 1.33 bits per heavy atom. The molecular weight excluding hydrogens is 540 g/mol. The number of nitrogens with zero attached hydrogens (tertiary/aromatic N) is 1. The topological polar surface area (TPSA) is 67.9 Å². The number of esters is 1. The van der Waals surface area contributed by atoms with Crippen LogP contribution in [0.3, 0.4) is 0 Å². The van der Waals surface area contributed by atoms with Gasteiger partial charge >= 0.3 is 5.97 Å². The minimum absolute atomic E-state index is 0.00355. The van der Waals surface area contributed by atoms with Crippen molar-refractivity contribution in [3.05, 3.63) is 69.4 Å². The van der Waals surface area contributed by atoms with Crippen molar-refractivity contribution >= 4 is 45.2 Å². The van der Waals surface area contributed by atoms with E-state index >= 15 is 0 Å². The Morgan fingerprint density at radius 2 is 2.17 bits per heavy atom. The van der Waals surface area contributed by atoms with Crippen LogP contribution < -0.4 is 10.1 Å². The molecule has 8 heteroatoms. The molecule has 2 fully saturated rings. The standard InChI is InChI=1S/C28H33BrN2O4S/c1-4-13-31-14-12-27(21-6-5-7-24(15-21)35-20(2)32)17-23(10-11-28(27,19-31)34-3)30-26(33)9-8-25-16-22(29)18-36-25/h4-9,15-16,18,23H,1,10-14,17,19H2,2-3H3,(H,30,33)/t23-,27+,28+/m1/s1. The molecule has 192 valence electrons. The van der Waals surface area contributed by atoms with E-state index in [1.807, 2.05) is 35.7 Å². The molecule has 1 aliphatic carbocycles. The van der Waals surface area contributed by atoms with Gasteiger partial charge < -0.3 is 14.8 Å². The van der Waals surface area contributed by atoms with E-state index in [2.05, 4.69) is 38.8 Å². The molecule has 0 spiro atoms. The zero-order chi connectivity index (χ0) is 25.8. The summed E-state index contributed by atoms with van der Waals surface area (Å²) in [4.78, 5) is 27.9. The van der Waals surface area contributed by atoms with Gasteiger partial charge in [0.1, 0.15) is 5.75 Å². The average molecular weight is 574 g/mol. The van der Waals surface area contributed by atoms with E-state index in [0.29, 0.717) is 5.75 Å². The quantitative estimate of drug-likeness (QED) is 0.200. The second-order valence-corrected chi connectivity index (χ2v) is 11.5. The number of rotatable bonds is 8. The van der Waals surface area contributed by atoms with Crippen LogP contribution in [0.5, 0.6) is 5.75 Å². The molecule has 0 unspecified atom stereocenters. The lowest BCUT2D eigenvalue weighted by atomic mass is 9.55. The van der Waals surface area contributed by atoms with Gasteiger partial charge in [-0.25, -0.2) is 0 Å². The summed E-state index contributed by atoms with van der Waals surface area (Å²) in [6, 6.07) is 9.80. The number of piperidine rings is 1. The predicted octanol–water partition coefficient (Wildman–Crippen LogP) is 5.33. The molecular formula is C28H33BrN2O4S. The smallest absolute Gasteiger partial charge is 0.308 e. The number of thiophene rings is 1. The molecule has 1 saturated carbocycles. The van der Waals surface area contributed by atoms with E-state index in [0.717, 1.165) is 60.2 Å². The van der Waals surface area contributed by atoms with Crippen LogP contribution in [0, 0.1) is 0 Å². The molecule has 1 aromatic heterocycles. The van der Waals surface area contributed by atoms with Crippen LogP contribution in [0.15, 0.2) is 58.9 Å². The van der Waals surface area contributed by atoms with Gasteiger partial charge in [-0.1, -0.05) is 18.2 Å². The second kappa shape index (κ2) is 11.4. The number of likely N-dealkylation sites (tertiary alicyclic amines) is 1. The molecule has 2 aliphatic rings. The summed E-state index contributed by atoms with van der Waals surface area (Å²) >= 11 is 5.03. The molecule has 1 aromatic carbocycles. The zero-order valence-corrected chi connectivity index (χ0v) is 23.2. The molecule has 6 nitrogen and oxygen atoms in total. The Kier molecular flexibility index (Phi) is 8.50. The highest BCUT2D eigenvalue weighted by molar-refractivity contribution is 9.10. The maximum Gasteiger partial charge on any atom is 0.308 e. The molecule has 36 heavy (non-hydrogen) atoms. The number of amides is 1. The fourth-order valence-electron chi connectivity index (χ4n) is 5.90. The number of methoxy groups -OCH3 is 1. The number of carbonyl (C=O) groups excluding carboxylic acids is 2. The van der Waals surface area contributed by atoms with Gasteiger partial charge in [0.2, 0.25) is 5.91 Å². The first-order valence-corrected chi connectivity index (χ1v) is 13.9. The van der Waals surface area contributed by atoms with Crippen molar-refractivity contribution in [1.82, 2.24) is 10.2 Å². The first kappa shape index (κ1) is 26.8. The van der Waals surface area contributed by atoms with Crippen molar-refractivity contribution in [3.63, 3.8) is 0 Å². The number of hydrogen-bond donors (Lipinski definition) is 1. The summed E-state index contributed by atoms with van der Waals surface area (Å²) in [6.45, 7) is 7.80. The Bertz CT molecular complexity index is 1150. The normalized spacial score (nSPS) is 26.4. The van der Waals surface area contributed by atoms with Gasteiger partial charge in [-0.15, -0.1) is 17.9 Å². The number of nitrogens with one attached hydrogen (secondary N) is 1. The van der Waals surface area contributed by atoms with E-state index in [1.54, 1.807) is 30.6 Å². The third kappa shape index (κ3) is 5.67. The molecule has 0 radical (unpaired) electrons. The highest BCUT2D eigenvalue weighted by Gasteiger charge is 2.58. The molecule has 2 heterocycles. The summed E-state index contributed by atoms with van der Waals surface area (Å²) in [6.07, 6.45) is 8.63. The highest BCUT2D eigenvalue weighted by atomic mass is 79.9. The Morgan fingerprint density at radius 3 is 2.86 bits per heavy atom. The first-order chi connectivity index (χ1) is 17.3. The predicted molar refractivity (Wildman–Crippen MR) is 147 cm³/mol. The lowest BCUT2D eigenvalue weighted by Crippen LogP contribution is -2.67.